The Kier molecular flexibility index (Phi) is 3.37. The van der Waals surface area contributed by atoms with Crippen LogP contribution in [0.25, 0.3) is 0 Å². The third-order valence-corrected chi connectivity index (χ3v) is 3.40. The lowest BCUT2D eigenvalue weighted by Crippen LogP contribution is -2.33. The Balaban J connectivity index is 2.88. The Morgan fingerprint density at radius 3 is 2.38 bits per heavy atom. The predicted octanol–water partition coefficient (Wildman–Crippen LogP) is 2.60. The molecule has 1 aliphatic heterocycles. The van der Waals surface area contributed by atoms with Crippen molar-refractivity contribution in [3.63, 3.8) is 0 Å². The third kappa shape index (κ3) is 1.90. The SMILES string of the molecule is CC(C)[C@@H]1OC(=O)C(Cl)(Cl)[C@H]1CCl. The van der Waals surface area contributed by atoms with Crippen LogP contribution < -0.4 is 0 Å². The van der Waals surface area contributed by atoms with E-state index in [9.17, 15) is 4.79 Å². The lowest BCUT2D eigenvalue weighted by molar-refractivity contribution is -0.143. The summed E-state index contributed by atoms with van der Waals surface area (Å²) in [6.45, 7) is 3.87. The molecule has 0 bridgehead atoms. The van der Waals surface area contributed by atoms with E-state index in [2.05, 4.69) is 0 Å². The number of halogens is 3. The minimum atomic E-state index is -1.48. The fourth-order valence-corrected chi connectivity index (χ4v) is 2.48. The van der Waals surface area contributed by atoms with Crippen LogP contribution in [0.3, 0.4) is 0 Å². The van der Waals surface area contributed by atoms with Gasteiger partial charge in [-0.05, 0) is 5.92 Å². The Morgan fingerprint density at radius 2 is 2.08 bits per heavy atom. The quantitative estimate of drug-likeness (QED) is 0.552. The largest absolute Gasteiger partial charge is 0.459 e. The summed E-state index contributed by atoms with van der Waals surface area (Å²) in [5.41, 5.74) is 0. The summed E-state index contributed by atoms with van der Waals surface area (Å²) < 4.78 is 3.58. The average Bonchev–Trinajstić information content (AvgIpc) is 2.23. The monoisotopic (exact) mass is 244 g/mol. The van der Waals surface area contributed by atoms with Gasteiger partial charge in [-0.25, -0.2) is 4.79 Å². The molecule has 1 saturated heterocycles. The molecule has 1 fully saturated rings. The van der Waals surface area contributed by atoms with Gasteiger partial charge in [-0.3, -0.25) is 0 Å². The van der Waals surface area contributed by atoms with E-state index < -0.39 is 10.3 Å². The Hall–Kier alpha value is 0.340. The molecular weight excluding hydrogens is 234 g/mol. The van der Waals surface area contributed by atoms with Crippen molar-refractivity contribution in [2.75, 3.05) is 5.88 Å². The van der Waals surface area contributed by atoms with Crippen LogP contribution >= 0.6 is 34.8 Å². The van der Waals surface area contributed by atoms with Gasteiger partial charge in [0.2, 0.25) is 4.33 Å². The standard InChI is InChI=1S/C8H11Cl3O2/c1-4(2)6-5(3-9)8(10,11)7(12)13-6/h4-6H,3H2,1-2H3/t5-,6-/m0/s1. The van der Waals surface area contributed by atoms with Crippen molar-refractivity contribution < 1.29 is 9.53 Å². The number of hydrogen-bond donors (Lipinski definition) is 0. The van der Waals surface area contributed by atoms with Gasteiger partial charge in [-0.15, -0.1) is 11.6 Å². The van der Waals surface area contributed by atoms with Gasteiger partial charge in [0.05, 0.1) is 5.92 Å². The Morgan fingerprint density at radius 1 is 1.54 bits per heavy atom. The number of carbonyl (C=O) groups excluding carboxylic acids is 1. The number of cyclic esters (lactones) is 1. The third-order valence-electron chi connectivity index (χ3n) is 2.20. The molecule has 0 saturated carbocycles. The van der Waals surface area contributed by atoms with Gasteiger partial charge < -0.3 is 4.74 Å². The predicted molar refractivity (Wildman–Crippen MR) is 53.4 cm³/mol. The van der Waals surface area contributed by atoms with Crippen molar-refractivity contribution in [3.05, 3.63) is 0 Å². The summed E-state index contributed by atoms with van der Waals surface area (Å²) in [7, 11) is 0. The summed E-state index contributed by atoms with van der Waals surface area (Å²) >= 11 is 17.4. The zero-order valence-electron chi connectivity index (χ0n) is 7.39. The summed E-state index contributed by atoms with van der Waals surface area (Å²) in [6.07, 6.45) is -0.278. The van der Waals surface area contributed by atoms with E-state index in [-0.39, 0.29) is 23.8 Å². The highest BCUT2D eigenvalue weighted by Crippen LogP contribution is 2.44. The van der Waals surface area contributed by atoms with Gasteiger partial charge in [-0.1, -0.05) is 37.0 Å². The van der Waals surface area contributed by atoms with E-state index in [0.29, 0.717) is 0 Å². The number of hydrogen-bond acceptors (Lipinski definition) is 2. The molecule has 13 heavy (non-hydrogen) atoms. The van der Waals surface area contributed by atoms with Crippen LogP contribution in [0, 0.1) is 11.8 Å². The molecule has 0 amide bonds. The fourth-order valence-electron chi connectivity index (χ4n) is 1.43. The van der Waals surface area contributed by atoms with E-state index >= 15 is 0 Å². The number of ether oxygens (including phenoxy) is 1. The molecule has 0 aromatic carbocycles. The van der Waals surface area contributed by atoms with Gasteiger partial charge in [0.1, 0.15) is 6.10 Å². The van der Waals surface area contributed by atoms with Gasteiger partial charge >= 0.3 is 5.97 Å². The first-order chi connectivity index (χ1) is 5.91. The maximum absolute atomic E-state index is 11.2. The lowest BCUT2D eigenvalue weighted by atomic mass is 9.94. The first-order valence-corrected chi connectivity index (χ1v) is 5.35. The van der Waals surface area contributed by atoms with E-state index in [4.69, 9.17) is 39.5 Å². The lowest BCUT2D eigenvalue weighted by Gasteiger charge is -2.21. The zero-order chi connectivity index (χ0) is 10.2. The van der Waals surface area contributed by atoms with Crippen molar-refractivity contribution in [2.24, 2.45) is 11.8 Å². The van der Waals surface area contributed by atoms with E-state index in [1.165, 1.54) is 0 Å². The minimum absolute atomic E-state index is 0.173. The molecule has 0 aliphatic carbocycles. The van der Waals surface area contributed by atoms with E-state index in [1.807, 2.05) is 13.8 Å². The smallest absolute Gasteiger partial charge is 0.343 e. The number of alkyl halides is 3. The Labute approximate surface area is 92.5 Å². The molecule has 5 heteroatoms. The molecule has 0 unspecified atom stereocenters. The molecule has 0 aromatic rings. The summed E-state index contributed by atoms with van der Waals surface area (Å²) in [4.78, 5) is 11.2. The molecule has 1 rings (SSSR count). The van der Waals surface area contributed by atoms with Crippen molar-refractivity contribution in [3.8, 4) is 0 Å². The maximum atomic E-state index is 11.2. The van der Waals surface area contributed by atoms with Gasteiger partial charge in [0.25, 0.3) is 0 Å². The molecule has 0 radical (unpaired) electrons. The summed E-state index contributed by atoms with van der Waals surface area (Å²) in [5, 5.41) is 0. The van der Waals surface area contributed by atoms with Crippen molar-refractivity contribution in [2.45, 2.75) is 24.3 Å². The van der Waals surface area contributed by atoms with Crippen LogP contribution in [0.5, 0.6) is 0 Å². The van der Waals surface area contributed by atoms with Gasteiger partial charge in [0.15, 0.2) is 0 Å². The van der Waals surface area contributed by atoms with Crippen LogP contribution in [0.15, 0.2) is 0 Å². The zero-order valence-corrected chi connectivity index (χ0v) is 9.66. The molecular formula is C8H11Cl3O2. The van der Waals surface area contributed by atoms with E-state index in [0.717, 1.165) is 0 Å². The summed E-state index contributed by atoms with van der Waals surface area (Å²) in [5.74, 6) is -0.515. The van der Waals surface area contributed by atoms with Crippen molar-refractivity contribution in [1.82, 2.24) is 0 Å². The number of rotatable bonds is 2. The number of esters is 1. The average molecular weight is 246 g/mol. The second-order valence-electron chi connectivity index (χ2n) is 3.50. The topological polar surface area (TPSA) is 26.3 Å². The first-order valence-electron chi connectivity index (χ1n) is 4.06. The van der Waals surface area contributed by atoms with Crippen LogP contribution in [0.1, 0.15) is 13.8 Å². The van der Waals surface area contributed by atoms with Gasteiger partial charge in [0, 0.05) is 5.88 Å². The first kappa shape index (κ1) is 11.4. The fraction of sp³-hybridized carbons (Fsp3) is 0.875. The molecule has 0 N–H and O–H groups in total. The molecule has 2 atom stereocenters. The van der Waals surface area contributed by atoms with Crippen LogP contribution in [-0.2, 0) is 9.53 Å². The maximum Gasteiger partial charge on any atom is 0.343 e. The van der Waals surface area contributed by atoms with Crippen molar-refractivity contribution in [1.29, 1.82) is 0 Å². The minimum Gasteiger partial charge on any atom is -0.459 e. The summed E-state index contributed by atoms with van der Waals surface area (Å²) in [6, 6.07) is 0. The highest BCUT2D eigenvalue weighted by molar-refractivity contribution is 6.58. The van der Waals surface area contributed by atoms with E-state index in [1.54, 1.807) is 0 Å². The molecule has 76 valence electrons. The van der Waals surface area contributed by atoms with Crippen LogP contribution in [0.2, 0.25) is 0 Å². The highest BCUT2D eigenvalue weighted by atomic mass is 35.5. The molecule has 1 aliphatic rings. The van der Waals surface area contributed by atoms with Gasteiger partial charge in [-0.2, -0.15) is 0 Å². The van der Waals surface area contributed by atoms with Crippen molar-refractivity contribution >= 4 is 40.8 Å². The second-order valence-corrected chi connectivity index (χ2v) is 5.19. The van der Waals surface area contributed by atoms with Crippen LogP contribution in [0.4, 0.5) is 0 Å². The normalized spacial score (nSPS) is 32.3. The second kappa shape index (κ2) is 3.84. The molecule has 1 heterocycles. The number of carbonyl (C=O) groups is 1. The molecule has 0 aromatic heterocycles. The molecule has 0 spiro atoms. The van der Waals surface area contributed by atoms with Crippen LogP contribution in [-0.4, -0.2) is 22.3 Å². The molecule has 2 nitrogen and oxygen atoms in total. The highest BCUT2D eigenvalue weighted by Gasteiger charge is 2.55. The Bertz CT molecular complexity index is 215.